The Bertz CT molecular complexity index is 591. The van der Waals surface area contributed by atoms with Crippen LogP contribution in [0.1, 0.15) is 65.1 Å². The molecule has 1 aliphatic carbocycles. The van der Waals surface area contributed by atoms with E-state index in [4.69, 9.17) is 0 Å². The fraction of sp³-hybridized carbons (Fsp3) is 0.650. The van der Waals surface area contributed by atoms with E-state index in [0.29, 0.717) is 23.6 Å². The van der Waals surface area contributed by atoms with Crippen molar-refractivity contribution in [3.63, 3.8) is 0 Å². The lowest BCUT2D eigenvalue weighted by Crippen LogP contribution is -2.33. The summed E-state index contributed by atoms with van der Waals surface area (Å²) in [7, 11) is 0. The maximum Gasteiger partial charge on any atom is 0.175 e. The van der Waals surface area contributed by atoms with Crippen LogP contribution in [0.3, 0.4) is 0 Å². The van der Waals surface area contributed by atoms with Gasteiger partial charge in [0.1, 0.15) is 0 Å². The van der Waals surface area contributed by atoms with Crippen molar-refractivity contribution >= 4 is 12.8 Å². The van der Waals surface area contributed by atoms with E-state index in [2.05, 4.69) is 56.0 Å². The summed E-state index contributed by atoms with van der Waals surface area (Å²) in [5, 5.41) is 0. The van der Waals surface area contributed by atoms with Gasteiger partial charge in [0.25, 0.3) is 0 Å². The second kappa shape index (κ2) is 6.00. The summed E-state index contributed by atoms with van der Waals surface area (Å²) >= 11 is 0. The first-order valence-electron chi connectivity index (χ1n) is 9.15. The second-order valence-corrected chi connectivity index (χ2v) is 9.30. The van der Waals surface area contributed by atoms with E-state index in [1.165, 1.54) is 49.5 Å². The van der Waals surface area contributed by atoms with Crippen molar-refractivity contribution in [1.29, 1.82) is 0 Å². The van der Waals surface area contributed by atoms with E-state index in [1.807, 2.05) is 12.5 Å². The van der Waals surface area contributed by atoms with E-state index in [1.54, 1.807) is 0 Å². The van der Waals surface area contributed by atoms with Crippen molar-refractivity contribution in [2.45, 2.75) is 72.1 Å². The molecule has 3 rings (SSSR count). The highest BCUT2D eigenvalue weighted by Crippen LogP contribution is 2.48. The van der Waals surface area contributed by atoms with Crippen molar-refractivity contribution in [2.24, 2.45) is 10.8 Å². The molecule has 2 fully saturated rings. The number of rotatable bonds is 4. The molecule has 0 atom stereocenters. The normalized spacial score (nSPS) is 23.9. The summed E-state index contributed by atoms with van der Waals surface area (Å²) in [5.41, 5.74) is 3.54. The van der Waals surface area contributed by atoms with Crippen molar-refractivity contribution in [3.8, 4) is 0 Å². The molecule has 1 aliphatic heterocycles. The molecule has 1 saturated carbocycles. The highest BCUT2D eigenvalue weighted by Gasteiger charge is 2.37. The molecule has 1 aromatic rings. The van der Waals surface area contributed by atoms with Gasteiger partial charge < -0.3 is 4.57 Å². The van der Waals surface area contributed by atoms with E-state index >= 15 is 0 Å². The number of aromatic nitrogens is 2. The minimum absolute atomic E-state index is 0.494. The third-order valence-corrected chi connectivity index (χ3v) is 6.00. The lowest BCUT2D eigenvalue weighted by atomic mass is 9.35. The van der Waals surface area contributed by atoms with Gasteiger partial charge in [0.05, 0.1) is 18.2 Å². The van der Waals surface area contributed by atoms with E-state index in [9.17, 15) is 0 Å². The van der Waals surface area contributed by atoms with Gasteiger partial charge in [0, 0.05) is 6.04 Å². The first-order valence-corrected chi connectivity index (χ1v) is 9.15. The van der Waals surface area contributed by atoms with Crippen LogP contribution in [0.25, 0.3) is 6.08 Å². The number of allylic oxidation sites excluding steroid dienone is 2. The summed E-state index contributed by atoms with van der Waals surface area (Å²) in [6.45, 7) is 14.5. The van der Waals surface area contributed by atoms with Crippen LogP contribution in [0.15, 0.2) is 30.7 Å². The van der Waals surface area contributed by atoms with Crippen molar-refractivity contribution in [1.82, 2.24) is 9.55 Å². The van der Waals surface area contributed by atoms with Gasteiger partial charge in [-0.1, -0.05) is 64.7 Å². The van der Waals surface area contributed by atoms with Crippen LogP contribution in [-0.2, 0) is 0 Å². The summed E-state index contributed by atoms with van der Waals surface area (Å²) in [5.74, 6) is 0. The number of hydrogen-bond acceptors (Lipinski definition) is 1. The molecule has 0 aromatic carbocycles. The van der Waals surface area contributed by atoms with Crippen LogP contribution in [0.2, 0.25) is 12.6 Å². The smallest absolute Gasteiger partial charge is 0.175 e. The molecule has 3 heteroatoms. The molecular formula is C20H31BN2. The summed E-state index contributed by atoms with van der Waals surface area (Å²) in [6, 6.07) is 0.621. The Morgan fingerprint density at radius 3 is 2.48 bits per heavy atom. The Morgan fingerprint density at radius 2 is 1.87 bits per heavy atom. The SMILES string of the molecule is C=C(/C=C\c1cncn1C1CC(C)(C)C1)B1CCC(C)(C)CC1. The maximum absolute atomic E-state index is 4.36. The summed E-state index contributed by atoms with van der Waals surface area (Å²) in [6.07, 6.45) is 16.1. The minimum atomic E-state index is 0.494. The zero-order valence-corrected chi connectivity index (χ0v) is 15.3. The van der Waals surface area contributed by atoms with Crippen LogP contribution in [0.4, 0.5) is 0 Å². The highest BCUT2D eigenvalue weighted by atomic mass is 15.1. The molecule has 2 aliphatic rings. The zero-order chi connectivity index (χ0) is 16.7. The number of hydrogen-bond donors (Lipinski definition) is 0. The van der Waals surface area contributed by atoms with Gasteiger partial charge in [-0.15, -0.1) is 6.58 Å². The molecule has 0 bridgehead atoms. The molecule has 2 nitrogen and oxygen atoms in total. The molecule has 1 saturated heterocycles. The third kappa shape index (κ3) is 3.81. The van der Waals surface area contributed by atoms with Crippen LogP contribution >= 0.6 is 0 Å². The largest absolute Gasteiger partial charge is 0.328 e. The Morgan fingerprint density at radius 1 is 1.22 bits per heavy atom. The molecule has 2 heterocycles. The quantitative estimate of drug-likeness (QED) is 0.517. The highest BCUT2D eigenvalue weighted by molar-refractivity contribution is 6.67. The van der Waals surface area contributed by atoms with Gasteiger partial charge in [-0.05, 0) is 29.7 Å². The van der Waals surface area contributed by atoms with Gasteiger partial charge in [0.2, 0.25) is 0 Å². The second-order valence-electron chi connectivity index (χ2n) is 9.30. The molecule has 0 spiro atoms. The van der Waals surface area contributed by atoms with Crippen LogP contribution < -0.4 is 0 Å². The predicted molar refractivity (Wildman–Crippen MR) is 101 cm³/mol. The molecule has 0 amide bonds. The van der Waals surface area contributed by atoms with Crippen molar-refractivity contribution in [3.05, 3.63) is 36.3 Å². The minimum Gasteiger partial charge on any atom is -0.328 e. The topological polar surface area (TPSA) is 17.8 Å². The van der Waals surface area contributed by atoms with Crippen LogP contribution in [0, 0.1) is 10.8 Å². The number of nitrogens with zero attached hydrogens (tertiary/aromatic N) is 2. The first-order chi connectivity index (χ1) is 10.8. The number of imidazole rings is 1. The zero-order valence-electron chi connectivity index (χ0n) is 15.3. The fourth-order valence-electron chi connectivity index (χ4n) is 4.26. The Balaban J connectivity index is 1.61. The molecule has 0 radical (unpaired) electrons. The van der Waals surface area contributed by atoms with Crippen molar-refractivity contribution < 1.29 is 0 Å². The van der Waals surface area contributed by atoms with Crippen LogP contribution in [-0.4, -0.2) is 16.3 Å². The van der Waals surface area contributed by atoms with E-state index in [-0.39, 0.29) is 0 Å². The third-order valence-electron chi connectivity index (χ3n) is 6.00. The Kier molecular flexibility index (Phi) is 4.33. The summed E-state index contributed by atoms with van der Waals surface area (Å²) in [4.78, 5) is 4.36. The van der Waals surface area contributed by atoms with Gasteiger partial charge in [0.15, 0.2) is 6.71 Å². The van der Waals surface area contributed by atoms with Gasteiger partial charge >= 0.3 is 0 Å². The fourth-order valence-corrected chi connectivity index (χ4v) is 4.26. The first kappa shape index (κ1) is 16.6. The van der Waals surface area contributed by atoms with E-state index < -0.39 is 0 Å². The Labute approximate surface area is 142 Å². The monoisotopic (exact) mass is 310 g/mol. The Hall–Kier alpha value is -1.25. The van der Waals surface area contributed by atoms with Crippen molar-refractivity contribution in [2.75, 3.05) is 0 Å². The maximum atomic E-state index is 4.36. The molecule has 1 aromatic heterocycles. The van der Waals surface area contributed by atoms with Gasteiger partial charge in [-0.25, -0.2) is 4.98 Å². The van der Waals surface area contributed by atoms with Crippen LogP contribution in [0.5, 0.6) is 0 Å². The lowest BCUT2D eigenvalue weighted by Gasteiger charge is -2.43. The lowest BCUT2D eigenvalue weighted by molar-refractivity contribution is 0.104. The molecule has 0 N–H and O–H groups in total. The molecular weight excluding hydrogens is 279 g/mol. The average molecular weight is 310 g/mol. The van der Waals surface area contributed by atoms with Gasteiger partial charge in [-0.2, -0.15) is 0 Å². The summed E-state index contributed by atoms with van der Waals surface area (Å²) < 4.78 is 2.35. The standard InChI is InChI=1S/C20H31BN2/c1-16(21-10-8-19(2,3)9-11-21)6-7-17-14-22-15-23(17)18-12-20(4,5)13-18/h6-7,14-15,18H,1,8-13H2,2-5H3/b7-6-. The molecule has 124 valence electrons. The van der Waals surface area contributed by atoms with Gasteiger partial charge in [-0.3, -0.25) is 0 Å². The molecule has 0 unspecified atom stereocenters. The van der Waals surface area contributed by atoms with E-state index in [0.717, 1.165) is 0 Å². The predicted octanol–water partition coefficient (Wildman–Crippen LogP) is 5.67. The molecule has 23 heavy (non-hydrogen) atoms. The average Bonchev–Trinajstić information content (AvgIpc) is 2.90.